The van der Waals surface area contributed by atoms with Gasteiger partial charge in [0.1, 0.15) is 5.02 Å². The predicted molar refractivity (Wildman–Crippen MR) is 81.0 cm³/mol. The normalized spacial score (nSPS) is 10.5. The molecule has 0 bridgehead atoms. The third-order valence-electron chi connectivity index (χ3n) is 2.93. The van der Waals surface area contributed by atoms with Crippen molar-refractivity contribution in [3.05, 3.63) is 57.6 Å². The Balaban J connectivity index is 2.27. The molecule has 106 valence electrons. The van der Waals surface area contributed by atoms with Gasteiger partial charge in [-0.25, -0.2) is 4.98 Å². The maximum atomic E-state index is 11.6. The number of hydrogen-bond acceptors (Lipinski definition) is 4. The van der Waals surface area contributed by atoms with Crippen molar-refractivity contribution < 1.29 is 0 Å². The molecule has 0 aliphatic heterocycles. The van der Waals surface area contributed by atoms with Gasteiger partial charge in [0.15, 0.2) is 5.82 Å². The Morgan fingerprint density at radius 3 is 2.75 bits per heavy atom. The number of anilines is 1. The molecule has 0 saturated carbocycles. The summed E-state index contributed by atoms with van der Waals surface area (Å²) in [5.74, 6) is 0.493. The molecule has 2 rings (SSSR count). The van der Waals surface area contributed by atoms with Gasteiger partial charge < -0.3 is 15.6 Å². The highest BCUT2D eigenvalue weighted by atomic mass is 35.5. The van der Waals surface area contributed by atoms with Crippen molar-refractivity contribution >= 4 is 17.4 Å². The number of hydrogen-bond donors (Lipinski definition) is 2. The first-order valence-electron chi connectivity index (χ1n) is 6.44. The molecule has 1 heterocycles. The SMILES string of the molecule is NCCCN(Cc1ccccc1)c1nc[nH]c(=O)c1Cl. The van der Waals surface area contributed by atoms with Crippen molar-refractivity contribution in [1.29, 1.82) is 0 Å². The minimum absolute atomic E-state index is 0.112. The largest absolute Gasteiger partial charge is 0.351 e. The van der Waals surface area contributed by atoms with E-state index in [4.69, 9.17) is 17.3 Å². The van der Waals surface area contributed by atoms with Gasteiger partial charge in [-0.2, -0.15) is 0 Å². The summed E-state index contributed by atoms with van der Waals surface area (Å²) in [5, 5.41) is 0.112. The molecule has 3 N–H and O–H groups in total. The molecule has 6 heteroatoms. The number of nitrogens with zero attached hydrogens (tertiary/aromatic N) is 2. The number of aromatic nitrogens is 2. The molecule has 20 heavy (non-hydrogen) atoms. The summed E-state index contributed by atoms with van der Waals surface area (Å²) >= 11 is 6.05. The molecule has 2 aromatic rings. The number of nitrogens with one attached hydrogen (secondary N) is 1. The molecule has 0 aliphatic rings. The maximum Gasteiger partial charge on any atom is 0.271 e. The summed E-state index contributed by atoms with van der Waals surface area (Å²) in [6.07, 6.45) is 2.17. The van der Waals surface area contributed by atoms with Crippen LogP contribution in [0.1, 0.15) is 12.0 Å². The van der Waals surface area contributed by atoms with Crippen LogP contribution in [0.25, 0.3) is 0 Å². The van der Waals surface area contributed by atoms with Gasteiger partial charge in [0, 0.05) is 13.1 Å². The zero-order valence-corrected chi connectivity index (χ0v) is 11.8. The van der Waals surface area contributed by atoms with Gasteiger partial charge in [-0.05, 0) is 18.5 Å². The first kappa shape index (κ1) is 14.6. The smallest absolute Gasteiger partial charge is 0.271 e. The molecule has 0 aliphatic carbocycles. The van der Waals surface area contributed by atoms with Crippen LogP contribution >= 0.6 is 11.6 Å². The van der Waals surface area contributed by atoms with Crippen LogP contribution in [0.5, 0.6) is 0 Å². The first-order valence-corrected chi connectivity index (χ1v) is 6.82. The van der Waals surface area contributed by atoms with Crippen LogP contribution in [0.15, 0.2) is 41.5 Å². The van der Waals surface area contributed by atoms with Crippen LogP contribution in [-0.4, -0.2) is 23.1 Å². The Bertz CT molecular complexity index is 600. The van der Waals surface area contributed by atoms with Gasteiger partial charge in [0.05, 0.1) is 6.33 Å². The molecule has 0 radical (unpaired) electrons. The van der Waals surface area contributed by atoms with E-state index in [1.54, 1.807) is 0 Å². The van der Waals surface area contributed by atoms with E-state index < -0.39 is 0 Å². The highest BCUT2D eigenvalue weighted by Gasteiger charge is 2.14. The van der Waals surface area contributed by atoms with Crippen molar-refractivity contribution in [2.75, 3.05) is 18.0 Å². The summed E-state index contributed by atoms with van der Waals surface area (Å²) in [4.78, 5) is 20.2. The lowest BCUT2D eigenvalue weighted by atomic mass is 10.2. The van der Waals surface area contributed by atoms with Gasteiger partial charge in [-0.3, -0.25) is 4.79 Å². The van der Waals surface area contributed by atoms with Crippen molar-refractivity contribution in [3.8, 4) is 0 Å². The molecule has 0 atom stereocenters. The molecule has 1 aromatic heterocycles. The Hall–Kier alpha value is -1.85. The monoisotopic (exact) mass is 292 g/mol. The second-order valence-corrected chi connectivity index (χ2v) is 4.80. The second-order valence-electron chi connectivity index (χ2n) is 4.42. The van der Waals surface area contributed by atoms with Gasteiger partial charge in [-0.15, -0.1) is 0 Å². The Morgan fingerprint density at radius 2 is 2.05 bits per heavy atom. The summed E-state index contributed by atoms with van der Waals surface area (Å²) in [7, 11) is 0. The molecule has 5 nitrogen and oxygen atoms in total. The van der Waals surface area contributed by atoms with Crippen LogP contribution in [0.4, 0.5) is 5.82 Å². The standard InChI is InChI=1S/C14H17ClN4O/c15-12-13(17-10-18-14(12)20)19(8-4-7-16)9-11-5-2-1-3-6-11/h1-3,5-6,10H,4,7-9,16H2,(H,17,18,20). The van der Waals surface area contributed by atoms with E-state index in [9.17, 15) is 4.79 Å². The lowest BCUT2D eigenvalue weighted by molar-refractivity contribution is 0.724. The van der Waals surface area contributed by atoms with Crippen LogP contribution in [0.2, 0.25) is 5.02 Å². The zero-order valence-electron chi connectivity index (χ0n) is 11.1. The fourth-order valence-electron chi connectivity index (χ4n) is 1.94. The average Bonchev–Trinajstić information content (AvgIpc) is 2.48. The van der Waals surface area contributed by atoms with Crippen molar-refractivity contribution in [3.63, 3.8) is 0 Å². The number of benzene rings is 1. The highest BCUT2D eigenvalue weighted by Crippen LogP contribution is 2.20. The van der Waals surface area contributed by atoms with Crippen molar-refractivity contribution in [2.45, 2.75) is 13.0 Å². The third-order valence-corrected chi connectivity index (χ3v) is 3.27. The van der Waals surface area contributed by atoms with E-state index >= 15 is 0 Å². The molecular formula is C14H17ClN4O. The van der Waals surface area contributed by atoms with Gasteiger partial charge in [-0.1, -0.05) is 41.9 Å². The highest BCUT2D eigenvalue weighted by molar-refractivity contribution is 6.32. The Morgan fingerprint density at radius 1 is 1.30 bits per heavy atom. The lowest BCUT2D eigenvalue weighted by Crippen LogP contribution is -2.28. The second kappa shape index (κ2) is 7.07. The van der Waals surface area contributed by atoms with Crippen LogP contribution in [-0.2, 0) is 6.54 Å². The van der Waals surface area contributed by atoms with Gasteiger partial charge in [0.25, 0.3) is 5.56 Å². The Kier molecular flexibility index (Phi) is 5.15. The summed E-state index contributed by atoms with van der Waals surface area (Å²) < 4.78 is 0. The number of H-pyrrole nitrogens is 1. The maximum absolute atomic E-state index is 11.6. The van der Waals surface area contributed by atoms with E-state index in [-0.39, 0.29) is 10.6 Å². The number of halogens is 1. The van der Waals surface area contributed by atoms with Gasteiger partial charge >= 0.3 is 0 Å². The number of aromatic amines is 1. The minimum Gasteiger partial charge on any atom is -0.351 e. The molecule has 0 amide bonds. The van der Waals surface area contributed by atoms with Crippen LogP contribution in [0.3, 0.4) is 0 Å². The van der Waals surface area contributed by atoms with E-state index in [0.717, 1.165) is 12.0 Å². The molecule has 1 aromatic carbocycles. The van der Waals surface area contributed by atoms with Crippen LogP contribution in [0, 0.1) is 0 Å². The van der Waals surface area contributed by atoms with E-state index in [0.29, 0.717) is 25.5 Å². The Labute approximate surface area is 122 Å². The summed E-state index contributed by atoms with van der Waals surface area (Å²) in [6.45, 7) is 1.91. The van der Waals surface area contributed by atoms with Crippen LogP contribution < -0.4 is 16.2 Å². The first-order chi connectivity index (χ1) is 9.72. The van der Waals surface area contributed by atoms with E-state index in [1.165, 1.54) is 6.33 Å². The van der Waals surface area contributed by atoms with E-state index in [1.807, 2.05) is 35.2 Å². The molecular weight excluding hydrogens is 276 g/mol. The van der Waals surface area contributed by atoms with Gasteiger partial charge in [0.2, 0.25) is 0 Å². The average molecular weight is 293 g/mol. The van der Waals surface area contributed by atoms with E-state index in [2.05, 4.69) is 9.97 Å². The third kappa shape index (κ3) is 3.59. The molecule has 0 spiro atoms. The zero-order chi connectivity index (χ0) is 14.4. The summed E-state index contributed by atoms with van der Waals surface area (Å²) in [6, 6.07) is 9.96. The number of nitrogens with two attached hydrogens (primary N) is 1. The lowest BCUT2D eigenvalue weighted by Gasteiger charge is -2.24. The fraction of sp³-hybridized carbons (Fsp3) is 0.286. The van der Waals surface area contributed by atoms with Crippen molar-refractivity contribution in [2.24, 2.45) is 5.73 Å². The molecule has 0 fully saturated rings. The predicted octanol–water partition coefficient (Wildman–Crippen LogP) is 1.78. The minimum atomic E-state index is -0.331. The quantitative estimate of drug-likeness (QED) is 0.851. The van der Waals surface area contributed by atoms with Crippen molar-refractivity contribution in [1.82, 2.24) is 9.97 Å². The topological polar surface area (TPSA) is 75.0 Å². The molecule has 0 unspecified atom stereocenters. The fourth-order valence-corrected chi connectivity index (χ4v) is 2.16. The summed E-state index contributed by atoms with van der Waals surface area (Å²) in [5.41, 5.74) is 6.36. The molecule has 0 saturated heterocycles. The number of rotatable bonds is 6.